The molecular weight excluding hydrogens is 377 g/mol. The molecule has 0 aliphatic carbocycles. The third-order valence-electron chi connectivity index (χ3n) is 5.17. The average Bonchev–Trinajstić information content (AvgIpc) is 3.12. The molecule has 0 aliphatic rings. The molecule has 4 aromatic rings. The van der Waals surface area contributed by atoms with E-state index in [-0.39, 0.29) is 11.7 Å². The van der Waals surface area contributed by atoms with Gasteiger partial charge in [-0.1, -0.05) is 60.7 Å². The fourth-order valence-electron chi connectivity index (χ4n) is 3.59. The fraction of sp³-hybridized carbons (Fsp3) is 0.200. The monoisotopic (exact) mass is 401 g/mol. The van der Waals surface area contributed by atoms with E-state index in [1.807, 2.05) is 65.2 Å². The SMILES string of the molecule is O=C(CCc1ccccc1)NCCc1nc2ccccc2n1Cc1ccccc1F. The molecule has 0 fully saturated rings. The molecule has 0 aliphatic heterocycles. The molecule has 0 spiro atoms. The van der Waals surface area contributed by atoms with Gasteiger partial charge < -0.3 is 9.88 Å². The zero-order valence-corrected chi connectivity index (χ0v) is 16.7. The normalized spacial score (nSPS) is 11.0. The van der Waals surface area contributed by atoms with Crippen LogP contribution in [0.2, 0.25) is 0 Å². The van der Waals surface area contributed by atoms with E-state index < -0.39 is 0 Å². The average molecular weight is 401 g/mol. The number of halogens is 1. The highest BCUT2D eigenvalue weighted by Gasteiger charge is 2.13. The predicted molar refractivity (Wildman–Crippen MR) is 117 cm³/mol. The second-order valence-corrected chi connectivity index (χ2v) is 7.28. The lowest BCUT2D eigenvalue weighted by Crippen LogP contribution is -2.26. The second-order valence-electron chi connectivity index (χ2n) is 7.28. The summed E-state index contributed by atoms with van der Waals surface area (Å²) in [5.74, 6) is 0.633. The van der Waals surface area contributed by atoms with Crippen molar-refractivity contribution in [1.82, 2.24) is 14.9 Å². The van der Waals surface area contributed by atoms with Gasteiger partial charge in [-0.2, -0.15) is 0 Å². The number of nitrogens with zero attached hydrogens (tertiary/aromatic N) is 2. The number of rotatable bonds is 8. The van der Waals surface area contributed by atoms with Crippen LogP contribution in [0.5, 0.6) is 0 Å². The van der Waals surface area contributed by atoms with Gasteiger partial charge in [0.1, 0.15) is 11.6 Å². The van der Waals surface area contributed by atoms with Crippen molar-refractivity contribution in [2.75, 3.05) is 6.54 Å². The van der Waals surface area contributed by atoms with E-state index in [1.54, 1.807) is 12.1 Å². The summed E-state index contributed by atoms with van der Waals surface area (Å²) in [7, 11) is 0. The number of aromatic nitrogens is 2. The molecule has 0 radical (unpaired) electrons. The number of hydrogen-bond donors (Lipinski definition) is 1. The van der Waals surface area contributed by atoms with Crippen molar-refractivity contribution in [2.24, 2.45) is 0 Å². The van der Waals surface area contributed by atoms with Crippen LogP contribution in [0, 0.1) is 5.82 Å². The number of carbonyl (C=O) groups is 1. The Balaban J connectivity index is 1.42. The number of fused-ring (bicyclic) bond motifs is 1. The molecule has 0 atom stereocenters. The van der Waals surface area contributed by atoms with E-state index in [1.165, 1.54) is 6.07 Å². The molecule has 4 nitrogen and oxygen atoms in total. The van der Waals surface area contributed by atoms with Crippen LogP contribution in [0.4, 0.5) is 4.39 Å². The van der Waals surface area contributed by atoms with Crippen molar-refractivity contribution in [2.45, 2.75) is 25.8 Å². The number of imidazole rings is 1. The van der Waals surface area contributed by atoms with Crippen LogP contribution < -0.4 is 5.32 Å². The minimum Gasteiger partial charge on any atom is -0.356 e. The Kier molecular flexibility index (Phi) is 6.18. The van der Waals surface area contributed by atoms with Gasteiger partial charge in [0.2, 0.25) is 5.91 Å². The summed E-state index contributed by atoms with van der Waals surface area (Å²) in [6.45, 7) is 0.901. The summed E-state index contributed by atoms with van der Waals surface area (Å²) in [6, 6.07) is 24.6. The van der Waals surface area contributed by atoms with E-state index >= 15 is 0 Å². The molecule has 0 saturated carbocycles. The van der Waals surface area contributed by atoms with Gasteiger partial charge in [-0.05, 0) is 30.2 Å². The highest BCUT2D eigenvalue weighted by molar-refractivity contribution is 5.77. The van der Waals surface area contributed by atoms with Gasteiger partial charge in [-0.15, -0.1) is 0 Å². The van der Waals surface area contributed by atoms with Crippen molar-refractivity contribution < 1.29 is 9.18 Å². The molecule has 152 valence electrons. The molecule has 3 aromatic carbocycles. The molecule has 1 N–H and O–H groups in total. The molecular formula is C25H24FN3O. The summed E-state index contributed by atoms with van der Waals surface area (Å²) in [4.78, 5) is 16.9. The van der Waals surface area contributed by atoms with E-state index in [9.17, 15) is 9.18 Å². The highest BCUT2D eigenvalue weighted by Crippen LogP contribution is 2.19. The first-order valence-corrected chi connectivity index (χ1v) is 10.2. The lowest BCUT2D eigenvalue weighted by Gasteiger charge is -2.11. The van der Waals surface area contributed by atoms with Crippen molar-refractivity contribution >= 4 is 16.9 Å². The quantitative estimate of drug-likeness (QED) is 0.472. The number of amides is 1. The summed E-state index contributed by atoms with van der Waals surface area (Å²) in [6.07, 6.45) is 1.76. The molecule has 1 amide bonds. The topological polar surface area (TPSA) is 46.9 Å². The smallest absolute Gasteiger partial charge is 0.220 e. The van der Waals surface area contributed by atoms with E-state index in [0.29, 0.717) is 31.5 Å². The van der Waals surface area contributed by atoms with Crippen molar-refractivity contribution in [1.29, 1.82) is 0 Å². The number of hydrogen-bond acceptors (Lipinski definition) is 2. The third-order valence-corrected chi connectivity index (χ3v) is 5.17. The summed E-state index contributed by atoms with van der Waals surface area (Å²) < 4.78 is 16.2. The van der Waals surface area contributed by atoms with Crippen LogP contribution in [-0.4, -0.2) is 22.0 Å². The van der Waals surface area contributed by atoms with Gasteiger partial charge in [-0.25, -0.2) is 9.37 Å². The first kappa shape index (κ1) is 19.8. The molecule has 4 rings (SSSR count). The van der Waals surface area contributed by atoms with Crippen molar-refractivity contribution in [3.63, 3.8) is 0 Å². The van der Waals surface area contributed by atoms with Crippen LogP contribution in [0.1, 0.15) is 23.4 Å². The first-order chi connectivity index (χ1) is 14.7. The number of nitrogens with one attached hydrogen (secondary N) is 1. The summed E-state index contributed by atoms with van der Waals surface area (Å²) in [5, 5.41) is 2.98. The Morgan fingerprint density at radius 3 is 2.47 bits per heavy atom. The van der Waals surface area contributed by atoms with Gasteiger partial charge in [-0.3, -0.25) is 4.79 Å². The summed E-state index contributed by atoms with van der Waals surface area (Å²) >= 11 is 0. The molecule has 1 aromatic heterocycles. The Hall–Kier alpha value is -3.47. The van der Waals surface area contributed by atoms with E-state index in [4.69, 9.17) is 4.98 Å². The lowest BCUT2D eigenvalue weighted by atomic mass is 10.1. The standard InChI is InChI=1S/C25H24FN3O/c26-21-11-5-4-10-20(21)18-29-23-13-7-6-12-22(23)28-24(29)16-17-27-25(30)15-14-19-8-2-1-3-9-19/h1-13H,14-18H2,(H,27,30). The number of benzene rings is 3. The van der Waals surface area contributed by atoms with Crippen LogP contribution >= 0.6 is 0 Å². The van der Waals surface area contributed by atoms with Gasteiger partial charge in [0.15, 0.2) is 0 Å². The molecule has 0 bridgehead atoms. The number of aryl methyl sites for hydroxylation is 1. The zero-order chi connectivity index (χ0) is 20.8. The Labute approximate surface area is 175 Å². The maximum absolute atomic E-state index is 14.2. The van der Waals surface area contributed by atoms with Crippen molar-refractivity contribution in [3.8, 4) is 0 Å². The second kappa shape index (κ2) is 9.35. The molecule has 5 heteroatoms. The Bertz CT molecular complexity index is 1140. The molecule has 0 unspecified atom stereocenters. The fourth-order valence-corrected chi connectivity index (χ4v) is 3.59. The Morgan fingerprint density at radius 2 is 1.63 bits per heavy atom. The third kappa shape index (κ3) is 4.74. The first-order valence-electron chi connectivity index (χ1n) is 10.2. The maximum atomic E-state index is 14.2. The van der Waals surface area contributed by atoms with Crippen molar-refractivity contribution in [3.05, 3.63) is 102 Å². The van der Waals surface area contributed by atoms with Gasteiger partial charge in [0.05, 0.1) is 17.6 Å². The van der Waals surface area contributed by atoms with Gasteiger partial charge in [0.25, 0.3) is 0 Å². The molecule has 30 heavy (non-hydrogen) atoms. The largest absolute Gasteiger partial charge is 0.356 e. The summed E-state index contributed by atoms with van der Waals surface area (Å²) in [5.41, 5.74) is 3.61. The maximum Gasteiger partial charge on any atom is 0.220 e. The lowest BCUT2D eigenvalue weighted by molar-refractivity contribution is -0.121. The van der Waals surface area contributed by atoms with Gasteiger partial charge >= 0.3 is 0 Å². The van der Waals surface area contributed by atoms with Crippen LogP contribution in [0.25, 0.3) is 11.0 Å². The van der Waals surface area contributed by atoms with Crippen LogP contribution in [0.15, 0.2) is 78.9 Å². The number of carbonyl (C=O) groups excluding carboxylic acids is 1. The molecule has 0 saturated heterocycles. The zero-order valence-electron chi connectivity index (χ0n) is 16.7. The Morgan fingerprint density at radius 1 is 0.900 bits per heavy atom. The number of para-hydroxylation sites is 2. The minimum absolute atomic E-state index is 0.0237. The van der Waals surface area contributed by atoms with Gasteiger partial charge in [0, 0.05) is 24.9 Å². The molecule has 1 heterocycles. The van der Waals surface area contributed by atoms with Crippen LogP contribution in [0.3, 0.4) is 0 Å². The van der Waals surface area contributed by atoms with E-state index in [2.05, 4.69) is 5.32 Å². The minimum atomic E-state index is -0.226. The predicted octanol–water partition coefficient (Wildman–Crippen LogP) is 4.52. The van der Waals surface area contributed by atoms with E-state index in [0.717, 1.165) is 28.8 Å². The highest BCUT2D eigenvalue weighted by atomic mass is 19.1. The van der Waals surface area contributed by atoms with Crippen LogP contribution in [-0.2, 0) is 24.2 Å².